The van der Waals surface area contributed by atoms with Crippen molar-refractivity contribution < 1.29 is 9.53 Å². The van der Waals surface area contributed by atoms with E-state index >= 15 is 0 Å². The second-order valence-electron chi connectivity index (χ2n) is 6.10. The van der Waals surface area contributed by atoms with Crippen LogP contribution in [0.5, 0.6) is 5.75 Å². The van der Waals surface area contributed by atoms with Crippen LogP contribution < -0.4 is 10.1 Å². The van der Waals surface area contributed by atoms with Gasteiger partial charge in [-0.1, -0.05) is 18.2 Å². The van der Waals surface area contributed by atoms with Gasteiger partial charge in [-0.05, 0) is 55.2 Å². The number of hydrogen-bond donors (Lipinski definition) is 1. The second-order valence-corrected chi connectivity index (χ2v) is 6.10. The third kappa shape index (κ3) is 4.45. The van der Waals surface area contributed by atoms with Crippen LogP contribution in [0.4, 0.5) is 5.69 Å². The Labute approximate surface area is 155 Å². The van der Waals surface area contributed by atoms with E-state index in [9.17, 15) is 4.79 Å². The maximum absolute atomic E-state index is 12.9. The van der Waals surface area contributed by atoms with Gasteiger partial charge in [-0.15, -0.1) is 12.4 Å². The maximum Gasteiger partial charge on any atom is 0.254 e. The number of rotatable bonds is 5. The molecule has 0 unspecified atom stereocenters. The molecular weight excluding hydrogens is 336 g/mol. The third-order valence-corrected chi connectivity index (χ3v) is 4.33. The second kappa shape index (κ2) is 8.77. The van der Waals surface area contributed by atoms with Crippen LogP contribution in [-0.4, -0.2) is 31.0 Å². The van der Waals surface area contributed by atoms with Crippen molar-refractivity contribution in [1.29, 1.82) is 0 Å². The van der Waals surface area contributed by atoms with E-state index in [0.29, 0.717) is 13.2 Å². The lowest BCUT2D eigenvalue weighted by molar-refractivity contribution is 0.0784. The van der Waals surface area contributed by atoms with E-state index in [-0.39, 0.29) is 18.3 Å². The number of amides is 1. The Morgan fingerprint density at radius 1 is 1.20 bits per heavy atom. The molecule has 134 valence electrons. The molecule has 2 aromatic rings. The number of benzene rings is 2. The summed E-state index contributed by atoms with van der Waals surface area (Å²) in [5.41, 5.74) is 4.15. The number of carbonyl (C=O) groups is 1. The number of ether oxygens (including phenoxy) is 1. The lowest BCUT2D eigenvalue weighted by Gasteiger charge is -2.23. The van der Waals surface area contributed by atoms with Crippen LogP contribution in [0, 0.1) is 0 Å². The zero-order valence-electron chi connectivity index (χ0n) is 14.7. The van der Waals surface area contributed by atoms with Crippen LogP contribution in [0.3, 0.4) is 0 Å². The quantitative estimate of drug-likeness (QED) is 0.871. The van der Waals surface area contributed by atoms with Gasteiger partial charge in [0.1, 0.15) is 5.75 Å². The van der Waals surface area contributed by atoms with Crippen LogP contribution in [0.25, 0.3) is 0 Å². The molecule has 3 rings (SSSR count). The number of hydrogen-bond acceptors (Lipinski definition) is 3. The Morgan fingerprint density at radius 2 is 1.96 bits per heavy atom. The van der Waals surface area contributed by atoms with Crippen molar-refractivity contribution in [2.45, 2.75) is 26.3 Å². The van der Waals surface area contributed by atoms with Crippen molar-refractivity contribution >= 4 is 24.0 Å². The predicted molar refractivity (Wildman–Crippen MR) is 104 cm³/mol. The number of halogens is 1. The molecule has 0 fully saturated rings. The molecule has 0 saturated carbocycles. The minimum atomic E-state index is 0. The molecule has 0 aliphatic carbocycles. The summed E-state index contributed by atoms with van der Waals surface area (Å²) in [6, 6.07) is 13.9. The molecule has 1 aliphatic heterocycles. The van der Waals surface area contributed by atoms with Crippen molar-refractivity contribution in [3.8, 4) is 5.75 Å². The minimum absolute atomic E-state index is 0. The molecule has 2 aromatic carbocycles. The third-order valence-electron chi connectivity index (χ3n) is 4.33. The van der Waals surface area contributed by atoms with Gasteiger partial charge in [0.25, 0.3) is 5.91 Å². The molecule has 0 aromatic heterocycles. The SMILES string of the molecule is CCOc1ccc(CN(C)C(=O)c2cccc3c2CCCN3)cc1.Cl. The Balaban J connectivity index is 0.00000225. The van der Waals surface area contributed by atoms with Crippen molar-refractivity contribution in [2.24, 2.45) is 0 Å². The van der Waals surface area contributed by atoms with Crippen LogP contribution in [0.1, 0.15) is 34.8 Å². The smallest absolute Gasteiger partial charge is 0.254 e. The van der Waals surface area contributed by atoms with Gasteiger partial charge in [-0.2, -0.15) is 0 Å². The molecular formula is C20H25ClN2O2. The molecule has 1 N–H and O–H groups in total. The van der Waals surface area contributed by atoms with Crippen molar-refractivity contribution in [3.63, 3.8) is 0 Å². The Morgan fingerprint density at radius 3 is 2.68 bits per heavy atom. The molecule has 0 saturated heterocycles. The van der Waals surface area contributed by atoms with Crippen LogP contribution in [0.15, 0.2) is 42.5 Å². The molecule has 5 heteroatoms. The van der Waals surface area contributed by atoms with Gasteiger partial charge in [-0.25, -0.2) is 0 Å². The number of carbonyl (C=O) groups excluding carboxylic acids is 1. The molecule has 1 amide bonds. The molecule has 0 atom stereocenters. The molecule has 25 heavy (non-hydrogen) atoms. The van der Waals surface area contributed by atoms with Gasteiger partial charge >= 0.3 is 0 Å². The van der Waals surface area contributed by atoms with Gasteiger partial charge < -0.3 is 15.0 Å². The number of nitrogens with one attached hydrogen (secondary N) is 1. The number of nitrogens with zero attached hydrogens (tertiary/aromatic N) is 1. The molecule has 4 nitrogen and oxygen atoms in total. The maximum atomic E-state index is 12.9. The fraction of sp³-hybridized carbons (Fsp3) is 0.350. The summed E-state index contributed by atoms with van der Waals surface area (Å²) in [7, 11) is 1.86. The minimum Gasteiger partial charge on any atom is -0.494 e. The average Bonchev–Trinajstić information content (AvgIpc) is 2.62. The summed E-state index contributed by atoms with van der Waals surface area (Å²) >= 11 is 0. The summed E-state index contributed by atoms with van der Waals surface area (Å²) in [6.45, 7) is 4.19. The fourth-order valence-electron chi connectivity index (χ4n) is 3.12. The molecule has 0 bridgehead atoms. The highest BCUT2D eigenvalue weighted by molar-refractivity contribution is 5.97. The Hall–Kier alpha value is -2.20. The molecule has 0 spiro atoms. The zero-order valence-corrected chi connectivity index (χ0v) is 15.6. The van der Waals surface area contributed by atoms with E-state index in [1.807, 2.05) is 50.4 Å². The van der Waals surface area contributed by atoms with Crippen molar-refractivity contribution in [2.75, 3.05) is 25.5 Å². The van der Waals surface area contributed by atoms with E-state index in [0.717, 1.165) is 47.5 Å². The van der Waals surface area contributed by atoms with Crippen molar-refractivity contribution in [3.05, 3.63) is 59.2 Å². The lowest BCUT2D eigenvalue weighted by Crippen LogP contribution is -2.28. The van der Waals surface area contributed by atoms with E-state index in [2.05, 4.69) is 11.4 Å². The molecule has 1 aliphatic rings. The summed E-state index contributed by atoms with van der Waals surface area (Å²) in [4.78, 5) is 14.6. The Kier molecular flexibility index (Phi) is 6.71. The number of fused-ring (bicyclic) bond motifs is 1. The first-order chi connectivity index (χ1) is 11.7. The Bertz CT molecular complexity index is 716. The normalized spacial score (nSPS) is 12.4. The van der Waals surface area contributed by atoms with Gasteiger partial charge in [0.15, 0.2) is 0 Å². The summed E-state index contributed by atoms with van der Waals surface area (Å²) in [5, 5.41) is 3.38. The summed E-state index contributed by atoms with van der Waals surface area (Å²) < 4.78 is 5.46. The van der Waals surface area contributed by atoms with Crippen molar-refractivity contribution in [1.82, 2.24) is 4.90 Å². The summed E-state index contributed by atoms with van der Waals surface area (Å²) in [5.74, 6) is 0.933. The van der Waals surface area contributed by atoms with E-state index in [1.54, 1.807) is 4.90 Å². The van der Waals surface area contributed by atoms with E-state index in [4.69, 9.17) is 4.74 Å². The topological polar surface area (TPSA) is 41.6 Å². The first-order valence-electron chi connectivity index (χ1n) is 8.52. The van der Waals surface area contributed by atoms with Crippen LogP contribution in [0.2, 0.25) is 0 Å². The standard InChI is InChI=1S/C20H24N2O2.ClH/c1-3-24-16-11-9-15(10-12-16)14-22(2)20(23)18-6-4-8-19-17(18)7-5-13-21-19;/h4,6,8-12,21H,3,5,7,13-14H2,1-2H3;1H. The van der Waals surface area contributed by atoms with Gasteiger partial charge in [0, 0.05) is 31.4 Å². The first-order valence-corrected chi connectivity index (χ1v) is 8.52. The van der Waals surface area contributed by atoms with Gasteiger partial charge in [-0.3, -0.25) is 4.79 Å². The molecule has 1 heterocycles. The number of anilines is 1. The average molecular weight is 361 g/mol. The highest BCUT2D eigenvalue weighted by atomic mass is 35.5. The fourth-order valence-corrected chi connectivity index (χ4v) is 3.12. The highest BCUT2D eigenvalue weighted by Crippen LogP contribution is 2.26. The largest absolute Gasteiger partial charge is 0.494 e. The van der Waals surface area contributed by atoms with E-state index in [1.165, 1.54) is 0 Å². The van der Waals surface area contributed by atoms with Crippen LogP contribution >= 0.6 is 12.4 Å². The first kappa shape index (κ1) is 19.1. The summed E-state index contributed by atoms with van der Waals surface area (Å²) in [6.07, 6.45) is 2.03. The van der Waals surface area contributed by atoms with Gasteiger partial charge in [0.2, 0.25) is 0 Å². The van der Waals surface area contributed by atoms with Gasteiger partial charge in [0.05, 0.1) is 6.61 Å². The zero-order chi connectivity index (χ0) is 16.9. The monoisotopic (exact) mass is 360 g/mol. The lowest BCUT2D eigenvalue weighted by atomic mass is 9.97. The van der Waals surface area contributed by atoms with E-state index < -0.39 is 0 Å². The highest BCUT2D eigenvalue weighted by Gasteiger charge is 2.20. The van der Waals surface area contributed by atoms with Crippen LogP contribution in [-0.2, 0) is 13.0 Å². The predicted octanol–water partition coefficient (Wildman–Crippen LogP) is 4.14. The molecule has 0 radical (unpaired) electrons.